The molecule has 2 atom stereocenters. The van der Waals surface area contributed by atoms with E-state index in [-0.39, 0.29) is 23.5 Å². The smallest absolute Gasteiger partial charge is 0.335 e. The molecule has 36 heavy (non-hydrogen) atoms. The summed E-state index contributed by atoms with van der Waals surface area (Å²) in [4.78, 5) is 17.9. The van der Waals surface area contributed by atoms with Crippen LogP contribution in [0, 0.1) is 26.6 Å². The largest absolute Gasteiger partial charge is 0.478 e. The predicted octanol–water partition coefficient (Wildman–Crippen LogP) is 5.81. The zero-order valence-electron chi connectivity index (χ0n) is 20.1. The number of benzene rings is 2. The van der Waals surface area contributed by atoms with Crippen LogP contribution in [0.3, 0.4) is 0 Å². The summed E-state index contributed by atoms with van der Waals surface area (Å²) in [6.45, 7) is 5.80. The van der Waals surface area contributed by atoms with Gasteiger partial charge in [-0.1, -0.05) is 6.07 Å². The molecule has 0 unspecified atom stereocenters. The normalized spacial score (nSPS) is 17.3. The van der Waals surface area contributed by atoms with Crippen LogP contribution >= 0.6 is 12.2 Å². The number of carboxylic acid groups (broad SMARTS) is 1. The van der Waals surface area contributed by atoms with Gasteiger partial charge in [0.2, 0.25) is 0 Å². The van der Waals surface area contributed by atoms with Crippen LogP contribution in [0.5, 0.6) is 0 Å². The summed E-state index contributed by atoms with van der Waals surface area (Å²) in [7, 11) is 0. The molecule has 2 aromatic carbocycles. The number of nitrogens with zero attached hydrogens (tertiary/aromatic N) is 3. The van der Waals surface area contributed by atoms with Crippen molar-refractivity contribution in [2.45, 2.75) is 32.9 Å². The van der Waals surface area contributed by atoms with Crippen LogP contribution < -0.4 is 10.2 Å². The van der Waals surface area contributed by atoms with Crippen molar-refractivity contribution in [3.8, 4) is 5.69 Å². The molecule has 0 bridgehead atoms. The van der Waals surface area contributed by atoms with Gasteiger partial charge in [0.25, 0.3) is 0 Å². The van der Waals surface area contributed by atoms with Gasteiger partial charge in [0.15, 0.2) is 5.11 Å². The van der Waals surface area contributed by atoms with Crippen molar-refractivity contribution in [1.29, 1.82) is 0 Å². The van der Waals surface area contributed by atoms with Gasteiger partial charge in [0, 0.05) is 29.0 Å². The van der Waals surface area contributed by atoms with Crippen LogP contribution in [0.4, 0.5) is 10.1 Å². The summed E-state index contributed by atoms with van der Waals surface area (Å²) in [6, 6.07) is 19.3. The number of halogens is 1. The van der Waals surface area contributed by atoms with Gasteiger partial charge >= 0.3 is 5.97 Å². The number of nitrogens with one attached hydrogen (secondary N) is 1. The molecule has 1 saturated heterocycles. The standard InChI is InChI=1S/C28H25FN4O2S/c1-16-14-21(11-12-23(16)29)33-26(25(31-28(33)36)24-6-4-5-13-30-24)22-15-17(2)32(18(22)3)20-9-7-19(8-10-20)27(34)35/h4-15,25-26H,1-3H3,(H,31,36)(H,34,35)/t25-,26+/m0/s1. The highest BCUT2D eigenvalue weighted by Gasteiger charge is 2.42. The van der Waals surface area contributed by atoms with Crippen LogP contribution in [-0.4, -0.2) is 25.7 Å². The monoisotopic (exact) mass is 500 g/mol. The lowest BCUT2D eigenvalue weighted by atomic mass is 9.96. The Hall–Kier alpha value is -4.04. The quantitative estimate of drug-likeness (QED) is 0.337. The van der Waals surface area contributed by atoms with Gasteiger partial charge in [-0.15, -0.1) is 0 Å². The highest BCUT2D eigenvalue weighted by atomic mass is 32.1. The van der Waals surface area contributed by atoms with Crippen molar-refractivity contribution in [2.75, 3.05) is 4.90 Å². The number of pyridine rings is 1. The lowest BCUT2D eigenvalue weighted by molar-refractivity contribution is 0.0697. The number of carboxylic acids is 1. The van der Waals surface area contributed by atoms with E-state index < -0.39 is 5.97 Å². The Morgan fingerprint density at radius 2 is 1.75 bits per heavy atom. The lowest BCUT2D eigenvalue weighted by Crippen LogP contribution is -2.29. The molecular formula is C28H25FN4O2S. The molecule has 1 aliphatic heterocycles. The maximum atomic E-state index is 14.1. The number of thiocarbonyl (C=S) groups is 1. The molecule has 2 N–H and O–H groups in total. The van der Waals surface area contributed by atoms with Crippen molar-refractivity contribution in [1.82, 2.24) is 14.9 Å². The predicted molar refractivity (Wildman–Crippen MR) is 141 cm³/mol. The van der Waals surface area contributed by atoms with Gasteiger partial charge in [-0.3, -0.25) is 4.98 Å². The van der Waals surface area contributed by atoms with Crippen molar-refractivity contribution >= 4 is 29.0 Å². The summed E-state index contributed by atoms with van der Waals surface area (Å²) in [6.07, 6.45) is 1.76. The maximum Gasteiger partial charge on any atom is 0.335 e. The molecular weight excluding hydrogens is 475 g/mol. The Morgan fingerprint density at radius 1 is 1.03 bits per heavy atom. The van der Waals surface area contributed by atoms with E-state index in [1.165, 1.54) is 6.07 Å². The first-order valence-corrected chi connectivity index (χ1v) is 12.0. The number of aromatic nitrogens is 2. The molecule has 0 aliphatic carbocycles. The van der Waals surface area contributed by atoms with Gasteiger partial charge in [-0.25, -0.2) is 9.18 Å². The van der Waals surface area contributed by atoms with E-state index in [4.69, 9.17) is 12.2 Å². The second kappa shape index (κ2) is 9.20. The Morgan fingerprint density at radius 3 is 2.39 bits per heavy atom. The molecule has 1 aliphatic rings. The third kappa shape index (κ3) is 4.03. The molecule has 182 valence electrons. The van der Waals surface area contributed by atoms with Crippen LogP contribution in [0.2, 0.25) is 0 Å². The summed E-state index contributed by atoms with van der Waals surface area (Å²) in [5, 5.41) is 13.3. The minimum absolute atomic E-state index is 0.229. The van der Waals surface area contributed by atoms with E-state index in [2.05, 4.69) is 20.9 Å². The Balaban J connectivity index is 1.66. The van der Waals surface area contributed by atoms with Crippen LogP contribution in [0.1, 0.15) is 50.7 Å². The number of hydrogen-bond acceptors (Lipinski definition) is 3. The minimum Gasteiger partial charge on any atom is -0.478 e. The summed E-state index contributed by atoms with van der Waals surface area (Å²) in [5.74, 6) is -1.23. The third-order valence-corrected chi connectivity index (χ3v) is 6.99. The first-order chi connectivity index (χ1) is 17.3. The lowest BCUT2D eigenvalue weighted by Gasteiger charge is -2.28. The number of aromatic carboxylic acids is 1. The fourth-order valence-electron chi connectivity index (χ4n) is 4.97. The van der Waals surface area contributed by atoms with E-state index in [9.17, 15) is 14.3 Å². The summed E-state index contributed by atoms with van der Waals surface area (Å²) in [5.41, 5.74) is 6.33. The van der Waals surface area contributed by atoms with E-state index >= 15 is 0 Å². The highest BCUT2D eigenvalue weighted by molar-refractivity contribution is 7.80. The average molecular weight is 501 g/mol. The second-order valence-corrected chi connectivity index (χ2v) is 9.33. The summed E-state index contributed by atoms with van der Waals surface area (Å²) < 4.78 is 16.2. The second-order valence-electron chi connectivity index (χ2n) is 8.94. The van der Waals surface area contributed by atoms with Gasteiger partial charge < -0.3 is 19.9 Å². The maximum absolute atomic E-state index is 14.1. The first kappa shape index (κ1) is 23.7. The Bertz CT molecular complexity index is 1470. The van der Waals surface area contributed by atoms with Crippen LogP contribution in [0.15, 0.2) is 72.9 Å². The molecule has 2 aromatic heterocycles. The molecule has 4 aromatic rings. The fourth-order valence-corrected chi connectivity index (χ4v) is 5.31. The molecule has 8 heteroatoms. The molecule has 0 radical (unpaired) electrons. The number of aryl methyl sites for hydroxylation is 2. The van der Waals surface area contributed by atoms with Crippen molar-refractivity contribution in [3.05, 3.63) is 113 Å². The number of rotatable bonds is 5. The van der Waals surface area contributed by atoms with Gasteiger partial charge in [-0.2, -0.15) is 0 Å². The number of carbonyl (C=O) groups is 1. The molecule has 0 spiro atoms. The topological polar surface area (TPSA) is 70.4 Å². The molecule has 5 rings (SSSR count). The van der Waals surface area contributed by atoms with Crippen LogP contribution in [-0.2, 0) is 0 Å². The van der Waals surface area contributed by atoms with Crippen LogP contribution in [0.25, 0.3) is 5.69 Å². The van der Waals surface area contributed by atoms with E-state index in [0.717, 1.165) is 34.0 Å². The van der Waals surface area contributed by atoms with Crippen molar-refractivity contribution < 1.29 is 14.3 Å². The molecule has 6 nitrogen and oxygen atoms in total. The number of hydrogen-bond donors (Lipinski definition) is 2. The van der Waals surface area contributed by atoms with E-state index in [1.807, 2.05) is 49.1 Å². The van der Waals surface area contributed by atoms with E-state index in [1.54, 1.807) is 37.4 Å². The molecule has 0 amide bonds. The molecule has 0 saturated carbocycles. The minimum atomic E-state index is -0.961. The zero-order chi connectivity index (χ0) is 25.6. The Kier molecular flexibility index (Phi) is 6.05. The first-order valence-electron chi connectivity index (χ1n) is 11.6. The summed E-state index contributed by atoms with van der Waals surface area (Å²) >= 11 is 5.80. The highest BCUT2D eigenvalue weighted by Crippen LogP contribution is 2.44. The zero-order valence-corrected chi connectivity index (χ0v) is 20.9. The third-order valence-electron chi connectivity index (χ3n) is 6.68. The van der Waals surface area contributed by atoms with Gasteiger partial charge in [-0.05, 0) is 105 Å². The fraction of sp³-hybridized carbons (Fsp3) is 0.179. The van der Waals surface area contributed by atoms with E-state index in [0.29, 0.717) is 10.7 Å². The van der Waals surface area contributed by atoms with Crippen molar-refractivity contribution in [3.63, 3.8) is 0 Å². The number of anilines is 1. The average Bonchev–Trinajstić information content (AvgIpc) is 3.36. The SMILES string of the molecule is Cc1cc(N2C(=S)N[C@@H](c3ccccn3)[C@H]2c2cc(C)n(-c3ccc(C(=O)O)cc3)c2C)ccc1F. The molecule has 1 fully saturated rings. The Labute approximate surface area is 214 Å². The van der Waals surface area contributed by atoms with Gasteiger partial charge in [0.05, 0.1) is 23.3 Å². The van der Waals surface area contributed by atoms with Gasteiger partial charge in [0.1, 0.15) is 5.82 Å². The van der Waals surface area contributed by atoms with Crippen molar-refractivity contribution in [2.24, 2.45) is 0 Å². The molecule has 3 heterocycles.